The zero-order valence-corrected chi connectivity index (χ0v) is 13.6. The standard InChI is InChI=1S/C13H17N3O3S2/c1-9(12-5-4-6-20-12)15-13(17)11-7-10(8-16(11)3)21(18,19)14-2/h4-9,14H,1-3H3,(H,15,17). The van der Waals surface area contributed by atoms with Gasteiger partial charge in [-0.25, -0.2) is 13.1 Å². The van der Waals surface area contributed by atoms with Crippen molar-refractivity contribution < 1.29 is 13.2 Å². The summed E-state index contributed by atoms with van der Waals surface area (Å²) in [6.45, 7) is 1.89. The normalized spacial score (nSPS) is 13.1. The molecule has 0 aliphatic carbocycles. The lowest BCUT2D eigenvalue weighted by atomic mass is 10.2. The van der Waals surface area contributed by atoms with E-state index >= 15 is 0 Å². The number of amides is 1. The highest BCUT2D eigenvalue weighted by atomic mass is 32.2. The number of aromatic nitrogens is 1. The Bertz CT molecular complexity index is 733. The van der Waals surface area contributed by atoms with Gasteiger partial charge in [0.05, 0.1) is 6.04 Å². The molecule has 2 heterocycles. The van der Waals surface area contributed by atoms with Crippen LogP contribution in [0.3, 0.4) is 0 Å². The topological polar surface area (TPSA) is 80.2 Å². The molecule has 21 heavy (non-hydrogen) atoms. The Hall–Kier alpha value is -1.64. The largest absolute Gasteiger partial charge is 0.345 e. The predicted molar refractivity (Wildman–Crippen MR) is 81.9 cm³/mol. The molecule has 2 N–H and O–H groups in total. The number of carbonyl (C=O) groups is 1. The Labute approximate surface area is 127 Å². The molecule has 0 aromatic carbocycles. The molecule has 0 fully saturated rings. The van der Waals surface area contributed by atoms with Crippen molar-refractivity contribution in [1.82, 2.24) is 14.6 Å². The van der Waals surface area contributed by atoms with Gasteiger partial charge in [-0.15, -0.1) is 11.3 Å². The zero-order valence-electron chi connectivity index (χ0n) is 12.0. The molecular weight excluding hydrogens is 310 g/mol. The van der Waals surface area contributed by atoms with Gasteiger partial charge in [0.15, 0.2) is 0 Å². The highest BCUT2D eigenvalue weighted by Crippen LogP contribution is 2.19. The summed E-state index contributed by atoms with van der Waals surface area (Å²) >= 11 is 1.56. The number of nitrogens with one attached hydrogen (secondary N) is 2. The molecule has 2 aromatic rings. The Morgan fingerprint density at radius 3 is 2.71 bits per heavy atom. The van der Waals surface area contributed by atoms with Crippen molar-refractivity contribution >= 4 is 27.3 Å². The number of nitrogens with zero attached hydrogens (tertiary/aromatic N) is 1. The van der Waals surface area contributed by atoms with Crippen molar-refractivity contribution in [3.05, 3.63) is 40.3 Å². The maximum Gasteiger partial charge on any atom is 0.268 e. The number of aryl methyl sites for hydroxylation is 1. The fraction of sp³-hybridized carbons (Fsp3) is 0.308. The van der Waals surface area contributed by atoms with Crippen molar-refractivity contribution in [2.45, 2.75) is 17.9 Å². The summed E-state index contributed by atoms with van der Waals surface area (Å²) in [7, 11) is -0.581. The molecule has 1 amide bonds. The average Bonchev–Trinajstić information content (AvgIpc) is 3.07. The van der Waals surface area contributed by atoms with Crippen LogP contribution in [-0.4, -0.2) is 25.9 Å². The van der Waals surface area contributed by atoms with Gasteiger partial charge in [-0.05, 0) is 31.5 Å². The lowest BCUT2D eigenvalue weighted by Gasteiger charge is -2.12. The first-order valence-electron chi connectivity index (χ1n) is 6.29. The van der Waals surface area contributed by atoms with Crippen LogP contribution in [0.2, 0.25) is 0 Å². The molecule has 2 aromatic heterocycles. The summed E-state index contributed by atoms with van der Waals surface area (Å²) in [5.74, 6) is -0.309. The van der Waals surface area contributed by atoms with Gasteiger partial charge < -0.3 is 9.88 Å². The minimum Gasteiger partial charge on any atom is -0.345 e. The quantitative estimate of drug-likeness (QED) is 0.873. The molecule has 114 valence electrons. The summed E-state index contributed by atoms with van der Waals surface area (Å²) < 4.78 is 27.2. The van der Waals surface area contributed by atoms with Gasteiger partial charge in [0, 0.05) is 18.1 Å². The number of sulfonamides is 1. The molecule has 2 rings (SSSR count). The van der Waals surface area contributed by atoms with E-state index in [1.807, 2.05) is 24.4 Å². The second-order valence-electron chi connectivity index (χ2n) is 4.59. The van der Waals surface area contributed by atoms with Crippen molar-refractivity contribution in [1.29, 1.82) is 0 Å². The zero-order chi connectivity index (χ0) is 15.6. The molecule has 6 nitrogen and oxygen atoms in total. The molecule has 0 saturated heterocycles. The Morgan fingerprint density at radius 2 is 2.14 bits per heavy atom. The molecule has 0 radical (unpaired) electrons. The van der Waals surface area contributed by atoms with Crippen molar-refractivity contribution in [2.75, 3.05) is 7.05 Å². The second-order valence-corrected chi connectivity index (χ2v) is 7.46. The Kier molecular flexibility index (Phi) is 4.50. The Morgan fingerprint density at radius 1 is 1.43 bits per heavy atom. The van der Waals surface area contributed by atoms with E-state index in [1.54, 1.807) is 18.4 Å². The van der Waals surface area contributed by atoms with Crippen molar-refractivity contribution in [2.24, 2.45) is 7.05 Å². The lowest BCUT2D eigenvalue weighted by molar-refractivity contribution is 0.0932. The third-order valence-electron chi connectivity index (χ3n) is 3.11. The Balaban J connectivity index is 2.20. The van der Waals surface area contributed by atoms with E-state index in [9.17, 15) is 13.2 Å². The minimum atomic E-state index is -3.55. The third-order valence-corrected chi connectivity index (χ3v) is 5.55. The number of hydrogen-bond acceptors (Lipinski definition) is 4. The van der Waals surface area contributed by atoms with Crippen LogP contribution in [0.1, 0.15) is 28.3 Å². The summed E-state index contributed by atoms with van der Waals surface area (Å²) in [6.07, 6.45) is 1.41. The summed E-state index contributed by atoms with van der Waals surface area (Å²) in [5, 5.41) is 4.80. The van der Waals surface area contributed by atoms with E-state index in [2.05, 4.69) is 10.0 Å². The minimum absolute atomic E-state index is 0.0708. The van der Waals surface area contributed by atoms with Gasteiger partial charge in [0.1, 0.15) is 10.6 Å². The van der Waals surface area contributed by atoms with E-state index < -0.39 is 10.0 Å². The van der Waals surface area contributed by atoms with Gasteiger partial charge in [0.2, 0.25) is 10.0 Å². The fourth-order valence-corrected chi connectivity index (χ4v) is 3.44. The highest BCUT2D eigenvalue weighted by Gasteiger charge is 2.20. The van der Waals surface area contributed by atoms with Crippen LogP contribution in [0.15, 0.2) is 34.7 Å². The van der Waals surface area contributed by atoms with Crippen LogP contribution in [0.5, 0.6) is 0 Å². The van der Waals surface area contributed by atoms with E-state index in [-0.39, 0.29) is 16.8 Å². The van der Waals surface area contributed by atoms with E-state index in [0.29, 0.717) is 5.69 Å². The van der Waals surface area contributed by atoms with Crippen LogP contribution in [0.4, 0.5) is 0 Å². The molecule has 0 spiro atoms. The maximum absolute atomic E-state index is 12.3. The van der Waals surface area contributed by atoms with Crippen LogP contribution in [0.25, 0.3) is 0 Å². The van der Waals surface area contributed by atoms with Gasteiger partial charge >= 0.3 is 0 Å². The maximum atomic E-state index is 12.3. The third kappa shape index (κ3) is 3.34. The molecule has 1 unspecified atom stereocenters. The molecule has 0 aliphatic heterocycles. The first-order valence-corrected chi connectivity index (χ1v) is 8.65. The molecule has 0 saturated carbocycles. The van der Waals surface area contributed by atoms with Crippen molar-refractivity contribution in [3.8, 4) is 0 Å². The summed E-state index contributed by atoms with van der Waals surface area (Å²) in [4.78, 5) is 13.4. The van der Waals surface area contributed by atoms with E-state index in [1.165, 1.54) is 23.9 Å². The molecule has 0 aliphatic rings. The highest BCUT2D eigenvalue weighted by molar-refractivity contribution is 7.89. The first-order chi connectivity index (χ1) is 9.85. The van der Waals surface area contributed by atoms with Gasteiger partial charge in [-0.2, -0.15) is 0 Å². The first kappa shape index (κ1) is 15.7. The average molecular weight is 327 g/mol. The predicted octanol–water partition coefficient (Wildman–Crippen LogP) is 1.49. The molecule has 8 heteroatoms. The molecule has 1 atom stereocenters. The lowest BCUT2D eigenvalue weighted by Crippen LogP contribution is -2.27. The molecule has 0 bridgehead atoms. The van der Waals surface area contributed by atoms with Crippen LogP contribution in [0, 0.1) is 0 Å². The van der Waals surface area contributed by atoms with Crippen LogP contribution < -0.4 is 10.0 Å². The summed E-state index contributed by atoms with van der Waals surface area (Å²) in [5.41, 5.74) is 0.298. The van der Waals surface area contributed by atoms with Crippen LogP contribution >= 0.6 is 11.3 Å². The number of rotatable bonds is 5. The SMILES string of the molecule is CNS(=O)(=O)c1cc(C(=O)NC(C)c2cccs2)n(C)c1. The van der Waals surface area contributed by atoms with Gasteiger partial charge in [-0.3, -0.25) is 4.79 Å². The van der Waals surface area contributed by atoms with Gasteiger partial charge in [0.25, 0.3) is 5.91 Å². The molecular formula is C13H17N3O3S2. The smallest absolute Gasteiger partial charge is 0.268 e. The number of hydrogen-bond donors (Lipinski definition) is 2. The van der Waals surface area contributed by atoms with E-state index in [4.69, 9.17) is 0 Å². The van der Waals surface area contributed by atoms with Crippen molar-refractivity contribution in [3.63, 3.8) is 0 Å². The van der Waals surface area contributed by atoms with E-state index in [0.717, 1.165) is 4.88 Å². The summed E-state index contributed by atoms with van der Waals surface area (Å²) in [6, 6.07) is 5.10. The fourth-order valence-electron chi connectivity index (χ4n) is 1.90. The second kappa shape index (κ2) is 6.00. The number of thiophene rings is 1. The van der Waals surface area contributed by atoms with Crippen LogP contribution in [-0.2, 0) is 17.1 Å². The monoisotopic (exact) mass is 327 g/mol. The van der Waals surface area contributed by atoms with Gasteiger partial charge in [-0.1, -0.05) is 6.07 Å². The number of carbonyl (C=O) groups excluding carboxylic acids is 1.